The molecule has 0 aliphatic rings. The third-order valence-electron chi connectivity index (χ3n) is 0.653. The summed E-state index contributed by atoms with van der Waals surface area (Å²) in [5.74, 6) is 0. The molecular weight excluding hydrogens is 144 g/mol. The van der Waals surface area contributed by atoms with Crippen LogP contribution in [0.2, 0.25) is 5.15 Å². The third-order valence-corrected chi connectivity index (χ3v) is 1.11. The van der Waals surface area contributed by atoms with Crippen molar-refractivity contribution in [2.24, 2.45) is 0 Å². The summed E-state index contributed by atoms with van der Waals surface area (Å²) < 4.78 is 0.536. The van der Waals surface area contributed by atoms with Crippen LogP contribution >= 0.6 is 12.2 Å². The molecule has 1 N–H and O–H groups in total. The van der Waals surface area contributed by atoms with Crippen molar-refractivity contribution in [1.82, 2.24) is 9.97 Å². The molecule has 0 aromatic carbocycles. The number of nitrogens with zero attached hydrogens (tertiary/aromatic N) is 1. The second-order valence-corrected chi connectivity index (χ2v) is 2.11. The maximum Gasteiger partial charge on any atom is 0.300 e. The van der Waals surface area contributed by atoms with Gasteiger partial charge in [0.25, 0.3) is 0 Å². The summed E-state index contributed by atoms with van der Waals surface area (Å²) >= 11 is 9.44. The molecule has 0 radical (unpaired) electrons. The first-order valence-electron chi connectivity index (χ1n) is 2.01. The van der Waals surface area contributed by atoms with E-state index in [2.05, 4.69) is 9.97 Å². The number of halogens is 1. The molecule has 0 saturated heterocycles. The molecule has 2 nitrogen and oxygen atoms in total. The fourth-order valence-electron chi connectivity index (χ4n) is 0.351. The molecule has 4 heteroatoms. The monoisotopic (exact) mass is 147 g/mol. The zero-order valence-electron chi connectivity index (χ0n) is 3.92. The van der Waals surface area contributed by atoms with E-state index in [-0.39, 0.29) is 0 Å². The van der Waals surface area contributed by atoms with Crippen LogP contribution in [0.3, 0.4) is 0 Å². The van der Waals surface area contributed by atoms with Gasteiger partial charge in [-0.05, 0) is 0 Å². The zero-order valence-corrected chi connectivity index (χ0v) is 5.55. The van der Waals surface area contributed by atoms with Gasteiger partial charge in [-0.15, -0.1) is 0 Å². The molecule has 0 amide bonds. The van der Waals surface area contributed by atoms with E-state index in [4.69, 9.17) is 23.8 Å². The Morgan fingerprint density at radius 2 is 2.50 bits per heavy atom. The SMILES string of the molecule is S=c1cc([ClH+])[nH]cn1. The Morgan fingerprint density at radius 3 is 2.88 bits per heavy atom. The number of aromatic amines is 1. The van der Waals surface area contributed by atoms with E-state index in [1.165, 1.54) is 6.33 Å². The van der Waals surface area contributed by atoms with Gasteiger partial charge in [-0.1, -0.05) is 12.2 Å². The Labute approximate surface area is 56.5 Å². The normalized spacial score (nSPS) is 9.12. The van der Waals surface area contributed by atoms with E-state index in [1.54, 1.807) is 6.07 Å². The average molecular weight is 148 g/mol. The van der Waals surface area contributed by atoms with Crippen molar-refractivity contribution in [3.63, 3.8) is 0 Å². The Kier molecular flexibility index (Phi) is 1.60. The highest BCUT2D eigenvalue weighted by molar-refractivity contribution is 7.71. The highest BCUT2D eigenvalue weighted by atomic mass is 35.5. The maximum atomic E-state index is 4.74. The van der Waals surface area contributed by atoms with Crippen LogP contribution in [0.4, 0.5) is 0 Å². The molecule has 1 aromatic heterocycles. The van der Waals surface area contributed by atoms with E-state index >= 15 is 0 Å². The van der Waals surface area contributed by atoms with Crippen molar-refractivity contribution < 1.29 is 11.6 Å². The predicted molar refractivity (Wildman–Crippen MR) is 30.0 cm³/mol. The summed E-state index contributed by atoms with van der Waals surface area (Å²) in [5, 5.41) is 0.630. The summed E-state index contributed by atoms with van der Waals surface area (Å²) in [4.78, 5) is 6.44. The molecule has 0 aliphatic heterocycles. The van der Waals surface area contributed by atoms with Gasteiger partial charge in [0.1, 0.15) is 4.64 Å². The molecule has 0 aliphatic carbocycles. The number of hydrogen-bond donors (Lipinski definition) is 1. The summed E-state index contributed by atoms with van der Waals surface area (Å²) in [6.07, 6.45) is 1.49. The largest absolute Gasteiger partial charge is 0.300 e. The molecule has 42 valence electrons. The Balaban J connectivity index is 3.28. The molecule has 1 rings (SSSR count). The number of hydrogen-bond acceptors (Lipinski definition) is 2. The first-order chi connectivity index (χ1) is 3.79. The lowest BCUT2D eigenvalue weighted by Gasteiger charge is -1.76. The smallest absolute Gasteiger partial charge is 0.298 e. The zero-order chi connectivity index (χ0) is 5.98. The van der Waals surface area contributed by atoms with Crippen molar-refractivity contribution >= 4 is 12.2 Å². The molecule has 0 unspecified atom stereocenters. The topological polar surface area (TPSA) is 28.7 Å². The summed E-state index contributed by atoms with van der Waals surface area (Å²) in [6, 6.07) is 1.63. The molecule has 0 bridgehead atoms. The van der Waals surface area contributed by atoms with Crippen LogP contribution in [-0.4, -0.2) is 9.97 Å². The highest BCUT2D eigenvalue weighted by Gasteiger charge is 1.90. The van der Waals surface area contributed by atoms with Crippen molar-refractivity contribution in [3.05, 3.63) is 22.2 Å². The van der Waals surface area contributed by atoms with Gasteiger partial charge < -0.3 is 0 Å². The van der Waals surface area contributed by atoms with E-state index in [1.807, 2.05) is 0 Å². The van der Waals surface area contributed by atoms with Gasteiger partial charge in [0.2, 0.25) is 0 Å². The first-order valence-corrected chi connectivity index (χ1v) is 2.82. The van der Waals surface area contributed by atoms with E-state index in [0.717, 1.165) is 0 Å². The van der Waals surface area contributed by atoms with Gasteiger partial charge in [-0.3, -0.25) is 4.98 Å². The summed E-state index contributed by atoms with van der Waals surface area (Å²) in [5.41, 5.74) is 0. The minimum atomic E-state index is 0.536. The maximum absolute atomic E-state index is 4.74. The van der Waals surface area contributed by atoms with E-state index < -0.39 is 0 Å². The van der Waals surface area contributed by atoms with Gasteiger partial charge in [0, 0.05) is 0 Å². The second-order valence-electron chi connectivity index (χ2n) is 1.25. The number of aromatic nitrogens is 2. The van der Waals surface area contributed by atoms with Crippen LogP contribution < -0.4 is 0 Å². The van der Waals surface area contributed by atoms with Gasteiger partial charge in [0.15, 0.2) is 11.6 Å². The fourth-order valence-corrected chi connectivity index (χ4v) is 0.760. The number of H-pyrrole nitrogens is 1. The Hall–Kier alpha value is -0.410. The van der Waals surface area contributed by atoms with Gasteiger partial charge in [-0.25, -0.2) is 4.98 Å². The molecule has 0 atom stereocenters. The minimum Gasteiger partial charge on any atom is -0.298 e. The van der Waals surface area contributed by atoms with Crippen molar-refractivity contribution in [2.75, 3.05) is 0 Å². The van der Waals surface area contributed by atoms with Crippen LogP contribution in [0.1, 0.15) is 0 Å². The van der Waals surface area contributed by atoms with Crippen LogP contribution in [0.15, 0.2) is 12.4 Å². The molecular formula is C4H4ClN2S+. The van der Waals surface area contributed by atoms with E-state index in [9.17, 15) is 0 Å². The van der Waals surface area contributed by atoms with Gasteiger partial charge >= 0.3 is 5.15 Å². The lowest BCUT2D eigenvalue weighted by atomic mass is 10.7. The molecule has 8 heavy (non-hydrogen) atoms. The number of nitrogens with one attached hydrogen (secondary N) is 1. The van der Waals surface area contributed by atoms with Crippen molar-refractivity contribution in [3.8, 4) is 0 Å². The molecule has 0 saturated carbocycles. The molecule has 1 aromatic rings. The van der Waals surface area contributed by atoms with E-state index in [0.29, 0.717) is 9.79 Å². The lowest BCUT2D eigenvalue weighted by Crippen LogP contribution is -1.78. The first kappa shape index (κ1) is 5.72. The van der Waals surface area contributed by atoms with Crippen molar-refractivity contribution in [1.29, 1.82) is 0 Å². The van der Waals surface area contributed by atoms with Crippen LogP contribution in [0.5, 0.6) is 0 Å². The van der Waals surface area contributed by atoms with Gasteiger partial charge in [0.05, 0.1) is 12.4 Å². The second kappa shape index (κ2) is 2.24. The van der Waals surface area contributed by atoms with Crippen LogP contribution in [-0.2, 0) is 0 Å². The Bertz CT molecular complexity index is 231. The lowest BCUT2D eigenvalue weighted by molar-refractivity contribution is -0.296. The summed E-state index contributed by atoms with van der Waals surface area (Å²) in [6.45, 7) is 0. The van der Waals surface area contributed by atoms with Crippen molar-refractivity contribution in [2.45, 2.75) is 0 Å². The molecule has 0 fully saturated rings. The third kappa shape index (κ3) is 1.28. The quantitative estimate of drug-likeness (QED) is 0.435. The summed E-state index contributed by atoms with van der Waals surface area (Å²) in [7, 11) is 0. The highest BCUT2D eigenvalue weighted by Crippen LogP contribution is 1.89. The van der Waals surface area contributed by atoms with Crippen LogP contribution in [0.25, 0.3) is 0 Å². The molecule has 0 spiro atoms. The standard InChI is InChI=1S/C4H3ClN2S/c5-3-1-4(8)7-2-6-3/h1-2,5H/p+1. The fraction of sp³-hybridized carbons (Fsp3) is 0. The molecule has 1 heterocycles. The van der Waals surface area contributed by atoms with Crippen LogP contribution in [0, 0.1) is 16.2 Å². The predicted octanol–water partition coefficient (Wildman–Crippen LogP) is 0.835. The Morgan fingerprint density at radius 1 is 1.75 bits per heavy atom. The van der Waals surface area contributed by atoms with Gasteiger partial charge in [-0.2, -0.15) is 0 Å². The minimum absolute atomic E-state index is 0.536. The number of rotatable bonds is 0. The average Bonchev–Trinajstić information content (AvgIpc) is 1.64.